The molecule has 0 bridgehead atoms. The van der Waals surface area contributed by atoms with Gasteiger partial charge in [-0.1, -0.05) is 45.2 Å². The smallest absolute Gasteiger partial charge is 0.244 e. The predicted octanol–water partition coefficient (Wildman–Crippen LogP) is 3.90. The highest BCUT2D eigenvalue weighted by Crippen LogP contribution is 2.17. The van der Waals surface area contributed by atoms with Crippen molar-refractivity contribution in [3.8, 4) is 0 Å². The Bertz CT molecular complexity index is 803. The topological polar surface area (TPSA) is 64.7 Å². The Kier molecular flexibility index (Phi) is 11.3. The van der Waals surface area contributed by atoms with E-state index in [2.05, 4.69) is 56.9 Å². The minimum atomic E-state index is -0.209. The van der Waals surface area contributed by atoms with Gasteiger partial charge in [-0.25, -0.2) is 0 Å². The molecule has 7 heteroatoms. The molecule has 3 rings (SSSR count). The maximum atomic E-state index is 13.5. The first-order chi connectivity index (χ1) is 16.5. The lowest BCUT2D eigenvalue weighted by molar-refractivity contribution is -0.134. The lowest BCUT2D eigenvalue weighted by atomic mass is 10.0. The van der Waals surface area contributed by atoms with Gasteiger partial charge < -0.3 is 20.4 Å². The maximum Gasteiger partial charge on any atom is 0.244 e. The van der Waals surface area contributed by atoms with E-state index in [1.165, 1.54) is 22.8 Å². The Labute approximate surface area is 219 Å². The Morgan fingerprint density at radius 3 is 2.53 bits per heavy atom. The molecule has 0 saturated carbocycles. The number of benzene rings is 1. The molecule has 2 atom stereocenters. The number of halogens is 1. The van der Waals surface area contributed by atoms with Crippen molar-refractivity contribution in [3.05, 3.63) is 39.5 Å². The van der Waals surface area contributed by atoms with Crippen molar-refractivity contribution in [2.24, 2.45) is 5.92 Å². The number of piperidine rings is 1. The van der Waals surface area contributed by atoms with Crippen molar-refractivity contribution in [2.45, 2.75) is 64.5 Å². The van der Waals surface area contributed by atoms with E-state index in [0.29, 0.717) is 12.5 Å². The third-order valence-electron chi connectivity index (χ3n) is 7.14. The number of nitrogens with one attached hydrogen (secondary N) is 2. The number of rotatable bonds is 10. The van der Waals surface area contributed by atoms with Crippen molar-refractivity contribution >= 4 is 40.5 Å². The van der Waals surface area contributed by atoms with Gasteiger partial charge in [0, 0.05) is 41.9 Å². The summed E-state index contributed by atoms with van der Waals surface area (Å²) < 4.78 is 1.17. The van der Waals surface area contributed by atoms with Gasteiger partial charge in [0.15, 0.2) is 0 Å². The fraction of sp³-hybridized carbons (Fsp3) is 0.630. The molecule has 1 aromatic rings. The summed E-state index contributed by atoms with van der Waals surface area (Å²) in [5, 5.41) is 6.66. The molecule has 0 aliphatic carbocycles. The van der Waals surface area contributed by atoms with Gasteiger partial charge in [-0.3, -0.25) is 9.59 Å². The molecule has 0 aromatic heterocycles. The van der Waals surface area contributed by atoms with E-state index >= 15 is 0 Å². The van der Waals surface area contributed by atoms with Gasteiger partial charge in [-0.2, -0.15) is 0 Å². The summed E-state index contributed by atoms with van der Waals surface area (Å²) in [6.07, 6.45) is 10.2. The molecule has 34 heavy (non-hydrogen) atoms. The first-order valence-electron chi connectivity index (χ1n) is 13.0. The second-order valence-electron chi connectivity index (χ2n) is 9.66. The van der Waals surface area contributed by atoms with Gasteiger partial charge in [-0.15, -0.1) is 0 Å². The molecular weight excluding hydrogens is 539 g/mol. The summed E-state index contributed by atoms with van der Waals surface area (Å²) in [6, 6.07) is 7.94. The number of amides is 2. The quantitative estimate of drug-likeness (QED) is 0.326. The van der Waals surface area contributed by atoms with Crippen LogP contribution >= 0.6 is 22.6 Å². The largest absolute Gasteiger partial charge is 0.351 e. The molecule has 6 nitrogen and oxygen atoms in total. The van der Waals surface area contributed by atoms with Crippen LogP contribution in [0.15, 0.2) is 30.3 Å². The van der Waals surface area contributed by atoms with Crippen LogP contribution in [0.2, 0.25) is 0 Å². The molecule has 1 aromatic carbocycles. The highest BCUT2D eigenvalue weighted by Gasteiger charge is 2.33. The molecule has 0 spiro atoms. The zero-order valence-electron chi connectivity index (χ0n) is 20.8. The van der Waals surface area contributed by atoms with Crippen LogP contribution in [0.5, 0.6) is 0 Å². The van der Waals surface area contributed by atoms with Crippen LogP contribution in [0.25, 0.3) is 6.08 Å². The molecule has 188 valence electrons. The van der Waals surface area contributed by atoms with Crippen LogP contribution in [0.3, 0.4) is 0 Å². The molecule has 0 unspecified atom stereocenters. The monoisotopic (exact) mass is 580 g/mol. The van der Waals surface area contributed by atoms with Gasteiger partial charge in [0.2, 0.25) is 11.8 Å². The van der Waals surface area contributed by atoms with E-state index in [9.17, 15) is 9.59 Å². The molecule has 2 amide bonds. The fourth-order valence-corrected chi connectivity index (χ4v) is 5.20. The van der Waals surface area contributed by atoms with Crippen molar-refractivity contribution in [3.63, 3.8) is 0 Å². The SMILES string of the molecule is CCC(CC)CN1CC[C@@H](CNC(=O)/C=C/c2ccc(I)cc2)N[C@@H](CN2CCCCC2)C1=O. The van der Waals surface area contributed by atoms with Crippen LogP contribution in [-0.2, 0) is 9.59 Å². The maximum absolute atomic E-state index is 13.5. The lowest BCUT2D eigenvalue weighted by Gasteiger charge is -2.33. The average molecular weight is 581 g/mol. The van der Waals surface area contributed by atoms with Crippen molar-refractivity contribution < 1.29 is 9.59 Å². The first kappa shape index (κ1) is 27.1. The van der Waals surface area contributed by atoms with Crippen molar-refractivity contribution in [1.82, 2.24) is 20.4 Å². The minimum Gasteiger partial charge on any atom is -0.351 e. The number of hydrogen-bond acceptors (Lipinski definition) is 4. The molecular formula is C27H41IN4O2. The fourth-order valence-electron chi connectivity index (χ4n) is 4.84. The first-order valence-corrected chi connectivity index (χ1v) is 14.0. The van der Waals surface area contributed by atoms with Crippen LogP contribution < -0.4 is 10.6 Å². The predicted molar refractivity (Wildman–Crippen MR) is 147 cm³/mol. The third-order valence-corrected chi connectivity index (χ3v) is 7.86. The van der Waals surface area contributed by atoms with E-state index in [0.717, 1.165) is 57.5 Å². The van der Waals surface area contributed by atoms with Crippen molar-refractivity contribution in [1.29, 1.82) is 0 Å². The lowest BCUT2D eigenvalue weighted by Crippen LogP contribution is -2.54. The summed E-state index contributed by atoms with van der Waals surface area (Å²) in [5.41, 5.74) is 1.01. The second kappa shape index (κ2) is 14.2. The Morgan fingerprint density at radius 1 is 1.15 bits per heavy atom. The molecule has 2 heterocycles. The molecule has 2 aliphatic heterocycles. The third kappa shape index (κ3) is 8.64. The average Bonchev–Trinajstić information content (AvgIpc) is 3.00. The highest BCUT2D eigenvalue weighted by atomic mass is 127. The Morgan fingerprint density at radius 2 is 1.85 bits per heavy atom. The molecule has 2 N–H and O–H groups in total. The molecule has 2 aliphatic rings. The van der Waals surface area contributed by atoms with Crippen LogP contribution in [0, 0.1) is 9.49 Å². The summed E-state index contributed by atoms with van der Waals surface area (Å²) in [5.74, 6) is 0.671. The number of carbonyl (C=O) groups is 2. The van der Waals surface area contributed by atoms with E-state index in [4.69, 9.17) is 0 Å². The molecule has 2 fully saturated rings. The molecule has 0 radical (unpaired) electrons. The van der Waals surface area contributed by atoms with Crippen molar-refractivity contribution in [2.75, 3.05) is 39.3 Å². The van der Waals surface area contributed by atoms with Gasteiger partial charge in [-0.05, 0) is 84.6 Å². The number of carbonyl (C=O) groups excluding carboxylic acids is 2. The van der Waals surface area contributed by atoms with Crippen LogP contribution in [0.4, 0.5) is 0 Å². The number of likely N-dealkylation sites (tertiary alicyclic amines) is 1. The summed E-state index contributed by atoms with van der Waals surface area (Å²) in [7, 11) is 0. The number of nitrogens with zero attached hydrogens (tertiary/aromatic N) is 2. The zero-order valence-corrected chi connectivity index (χ0v) is 22.9. The summed E-state index contributed by atoms with van der Waals surface area (Å²) in [4.78, 5) is 30.5. The Balaban J connectivity index is 1.60. The standard InChI is InChI=1S/C27H41IN4O2/c1-3-21(4-2)19-32-17-14-24(30-25(27(32)34)20-31-15-6-5-7-16-31)18-29-26(33)13-10-22-8-11-23(28)12-9-22/h8-13,21,24-25,30H,3-7,14-20H2,1-2H3,(H,29,33)/b13-10+/t24-,25-/m0/s1. The number of hydrogen-bond donors (Lipinski definition) is 2. The van der Waals surface area contributed by atoms with E-state index in [1.807, 2.05) is 30.3 Å². The Hall–Kier alpha value is -1.45. The van der Waals surface area contributed by atoms with Crippen LogP contribution in [0.1, 0.15) is 57.9 Å². The van der Waals surface area contributed by atoms with Gasteiger partial charge in [0.1, 0.15) is 0 Å². The van der Waals surface area contributed by atoms with E-state index in [-0.39, 0.29) is 23.9 Å². The minimum absolute atomic E-state index is 0.0843. The zero-order chi connectivity index (χ0) is 24.3. The van der Waals surface area contributed by atoms with Gasteiger partial charge in [0.25, 0.3) is 0 Å². The normalized spacial score (nSPS) is 22.4. The molecule has 2 saturated heterocycles. The van der Waals surface area contributed by atoms with E-state index in [1.54, 1.807) is 6.08 Å². The van der Waals surface area contributed by atoms with Gasteiger partial charge >= 0.3 is 0 Å². The highest BCUT2D eigenvalue weighted by molar-refractivity contribution is 14.1. The second-order valence-corrected chi connectivity index (χ2v) is 10.9. The summed E-state index contributed by atoms with van der Waals surface area (Å²) >= 11 is 2.27. The summed E-state index contributed by atoms with van der Waals surface area (Å²) in [6.45, 7) is 9.43. The van der Waals surface area contributed by atoms with E-state index < -0.39 is 0 Å². The van der Waals surface area contributed by atoms with Gasteiger partial charge in [0.05, 0.1) is 6.04 Å². The van der Waals surface area contributed by atoms with Crippen LogP contribution in [-0.4, -0.2) is 73.0 Å².